The monoisotopic (exact) mass is 335 g/mol. The van der Waals surface area contributed by atoms with E-state index in [1.165, 1.54) is 6.07 Å². The molecule has 1 N–H and O–H groups in total. The van der Waals surface area contributed by atoms with Crippen LogP contribution in [0, 0.1) is 11.6 Å². The molecule has 2 aromatic rings. The van der Waals surface area contributed by atoms with Gasteiger partial charge < -0.3 is 14.8 Å². The van der Waals surface area contributed by atoms with Gasteiger partial charge in [0.05, 0.1) is 12.6 Å². The lowest BCUT2D eigenvalue weighted by atomic mass is 10.1. The Morgan fingerprint density at radius 1 is 1.08 bits per heavy atom. The molecule has 0 aromatic heterocycles. The molecule has 1 atom stereocenters. The fraction of sp³-hybridized carbons (Fsp3) is 0.278. The van der Waals surface area contributed by atoms with E-state index in [1.54, 1.807) is 31.2 Å². The number of carbonyl (C=O) groups excluding carboxylic acids is 1. The highest BCUT2D eigenvalue weighted by Gasteiger charge is 2.14. The second kappa shape index (κ2) is 8.29. The maximum atomic E-state index is 13.7. The second-order valence-corrected chi connectivity index (χ2v) is 5.15. The molecule has 0 radical (unpaired) electrons. The SMILES string of the molecule is CCOc1ccc(OCC(=O)NC(C)c2ccc(F)cc2F)cc1. The molecule has 0 fully saturated rings. The number of ether oxygens (including phenoxy) is 2. The molecule has 128 valence electrons. The van der Waals surface area contributed by atoms with Crippen LogP contribution in [0.5, 0.6) is 11.5 Å². The van der Waals surface area contributed by atoms with E-state index in [2.05, 4.69) is 5.32 Å². The molecule has 2 rings (SSSR count). The highest BCUT2D eigenvalue weighted by Crippen LogP contribution is 2.19. The molecule has 0 saturated heterocycles. The van der Waals surface area contributed by atoms with E-state index >= 15 is 0 Å². The van der Waals surface area contributed by atoms with Gasteiger partial charge in [0.15, 0.2) is 6.61 Å². The van der Waals surface area contributed by atoms with Crippen LogP contribution in [0.1, 0.15) is 25.5 Å². The average Bonchev–Trinajstić information content (AvgIpc) is 2.54. The minimum absolute atomic E-state index is 0.207. The van der Waals surface area contributed by atoms with Crippen LogP contribution in [0.25, 0.3) is 0 Å². The van der Waals surface area contributed by atoms with Gasteiger partial charge in [0, 0.05) is 11.6 Å². The Morgan fingerprint density at radius 2 is 1.71 bits per heavy atom. The zero-order chi connectivity index (χ0) is 17.5. The number of nitrogens with one attached hydrogen (secondary N) is 1. The van der Waals surface area contributed by atoms with Crippen molar-refractivity contribution in [1.82, 2.24) is 5.32 Å². The van der Waals surface area contributed by atoms with E-state index in [-0.39, 0.29) is 12.2 Å². The Morgan fingerprint density at radius 3 is 2.29 bits per heavy atom. The third-order valence-corrected chi connectivity index (χ3v) is 3.31. The van der Waals surface area contributed by atoms with Gasteiger partial charge >= 0.3 is 0 Å². The third kappa shape index (κ3) is 4.94. The van der Waals surface area contributed by atoms with Gasteiger partial charge in [-0.2, -0.15) is 0 Å². The summed E-state index contributed by atoms with van der Waals surface area (Å²) >= 11 is 0. The summed E-state index contributed by atoms with van der Waals surface area (Å²) in [6, 6.07) is 9.53. The first-order valence-corrected chi connectivity index (χ1v) is 7.59. The number of carbonyl (C=O) groups is 1. The van der Waals surface area contributed by atoms with Crippen LogP contribution in [0.3, 0.4) is 0 Å². The predicted octanol–water partition coefficient (Wildman–Crippen LogP) is 3.62. The fourth-order valence-corrected chi connectivity index (χ4v) is 2.16. The quantitative estimate of drug-likeness (QED) is 0.841. The lowest BCUT2D eigenvalue weighted by molar-refractivity contribution is -0.123. The van der Waals surface area contributed by atoms with Crippen molar-refractivity contribution in [2.75, 3.05) is 13.2 Å². The minimum atomic E-state index is -0.699. The molecule has 1 amide bonds. The molecule has 24 heavy (non-hydrogen) atoms. The topological polar surface area (TPSA) is 47.6 Å². The number of benzene rings is 2. The summed E-state index contributed by atoms with van der Waals surface area (Å²) < 4.78 is 37.2. The normalized spacial score (nSPS) is 11.7. The summed E-state index contributed by atoms with van der Waals surface area (Å²) in [5.74, 6) is -0.520. The highest BCUT2D eigenvalue weighted by atomic mass is 19.1. The average molecular weight is 335 g/mol. The number of halogens is 2. The molecule has 1 unspecified atom stereocenters. The lowest BCUT2D eigenvalue weighted by Gasteiger charge is -2.15. The van der Waals surface area contributed by atoms with E-state index in [4.69, 9.17) is 9.47 Å². The molecule has 0 bridgehead atoms. The van der Waals surface area contributed by atoms with Crippen LogP contribution in [-0.4, -0.2) is 19.1 Å². The van der Waals surface area contributed by atoms with Crippen molar-refractivity contribution in [3.05, 3.63) is 59.7 Å². The Bertz CT molecular complexity index is 689. The standard InChI is InChI=1S/C18H19F2NO3/c1-3-23-14-5-7-15(8-6-14)24-11-18(22)21-12(2)16-9-4-13(19)10-17(16)20/h4-10,12H,3,11H2,1-2H3,(H,21,22). The van der Waals surface area contributed by atoms with Gasteiger partial charge in [-0.1, -0.05) is 6.07 Å². The van der Waals surface area contributed by atoms with Crippen LogP contribution in [0.4, 0.5) is 8.78 Å². The third-order valence-electron chi connectivity index (χ3n) is 3.31. The molecular weight excluding hydrogens is 316 g/mol. The number of amides is 1. The van der Waals surface area contributed by atoms with Gasteiger partial charge in [0.25, 0.3) is 5.91 Å². The molecule has 0 aliphatic heterocycles. The number of hydrogen-bond donors (Lipinski definition) is 1. The maximum Gasteiger partial charge on any atom is 0.258 e. The highest BCUT2D eigenvalue weighted by molar-refractivity contribution is 5.78. The van der Waals surface area contributed by atoms with Crippen molar-refractivity contribution in [2.24, 2.45) is 0 Å². The first kappa shape index (κ1) is 17.7. The van der Waals surface area contributed by atoms with Crippen molar-refractivity contribution in [3.63, 3.8) is 0 Å². The van der Waals surface area contributed by atoms with Crippen molar-refractivity contribution >= 4 is 5.91 Å². The Hall–Kier alpha value is -2.63. The number of rotatable bonds is 7. The van der Waals surface area contributed by atoms with Crippen LogP contribution in [-0.2, 0) is 4.79 Å². The van der Waals surface area contributed by atoms with Gasteiger partial charge in [0.1, 0.15) is 23.1 Å². The van der Waals surface area contributed by atoms with Gasteiger partial charge in [-0.3, -0.25) is 4.79 Å². The van der Waals surface area contributed by atoms with E-state index in [9.17, 15) is 13.6 Å². The molecule has 6 heteroatoms. The molecule has 0 heterocycles. The molecule has 0 aliphatic carbocycles. The van der Waals surface area contributed by atoms with Crippen LogP contribution in [0.15, 0.2) is 42.5 Å². The zero-order valence-electron chi connectivity index (χ0n) is 13.5. The lowest BCUT2D eigenvalue weighted by Crippen LogP contribution is -2.31. The van der Waals surface area contributed by atoms with Crippen molar-refractivity contribution in [2.45, 2.75) is 19.9 Å². The number of hydrogen-bond acceptors (Lipinski definition) is 3. The van der Waals surface area contributed by atoms with Crippen molar-refractivity contribution < 1.29 is 23.0 Å². The largest absolute Gasteiger partial charge is 0.494 e. The van der Waals surface area contributed by atoms with E-state index in [0.717, 1.165) is 17.9 Å². The Balaban J connectivity index is 1.86. The second-order valence-electron chi connectivity index (χ2n) is 5.15. The molecule has 2 aromatic carbocycles. The van der Waals surface area contributed by atoms with Gasteiger partial charge in [-0.05, 0) is 44.2 Å². The van der Waals surface area contributed by atoms with Gasteiger partial charge in [-0.25, -0.2) is 8.78 Å². The fourth-order valence-electron chi connectivity index (χ4n) is 2.16. The molecule has 0 saturated carbocycles. The van der Waals surface area contributed by atoms with Crippen LogP contribution < -0.4 is 14.8 Å². The summed E-state index contributed by atoms with van der Waals surface area (Å²) in [6.45, 7) is 3.87. The summed E-state index contributed by atoms with van der Waals surface area (Å²) in [5, 5.41) is 2.61. The maximum absolute atomic E-state index is 13.7. The van der Waals surface area contributed by atoms with Gasteiger partial charge in [0.2, 0.25) is 0 Å². The van der Waals surface area contributed by atoms with E-state index in [1.807, 2.05) is 6.92 Å². The van der Waals surface area contributed by atoms with Crippen molar-refractivity contribution in [3.8, 4) is 11.5 Å². The molecule has 0 aliphatic rings. The first-order valence-electron chi connectivity index (χ1n) is 7.59. The first-order chi connectivity index (χ1) is 11.5. The molecule has 0 spiro atoms. The van der Waals surface area contributed by atoms with Gasteiger partial charge in [-0.15, -0.1) is 0 Å². The Kier molecular flexibility index (Phi) is 6.12. The minimum Gasteiger partial charge on any atom is -0.494 e. The zero-order valence-corrected chi connectivity index (χ0v) is 13.5. The van der Waals surface area contributed by atoms with Crippen molar-refractivity contribution in [1.29, 1.82) is 0 Å². The molecular formula is C18H19F2NO3. The Labute approximate surface area is 139 Å². The summed E-state index contributed by atoms with van der Waals surface area (Å²) in [6.07, 6.45) is 0. The molecule has 4 nitrogen and oxygen atoms in total. The summed E-state index contributed by atoms with van der Waals surface area (Å²) in [5.41, 5.74) is 0.214. The van der Waals surface area contributed by atoms with Crippen LogP contribution >= 0.6 is 0 Å². The predicted molar refractivity (Wildman–Crippen MR) is 86.0 cm³/mol. The van der Waals surface area contributed by atoms with Crippen LogP contribution in [0.2, 0.25) is 0 Å². The van der Waals surface area contributed by atoms with E-state index < -0.39 is 23.6 Å². The smallest absolute Gasteiger partial charge is 0.258 e. The summed E-state index contributed by atoms with van der Waals surface area (Å²) in [4.78, 5) is 11.9. The summed E-state index contributed by atoms with van der Waals surface area (Å²) in [7, 11) is 0. The van der Waals surface area contributed by atoms with E-state index in [0.29, 0.717) is 12.4 Å².